The monoisotopic (exact) mass is 465 g/mol. The summed E-state index contributed by atoms with van der Waals surface area (Å²) in [6.45, 7) is 3.24. The number of rotatable bonds is 9. The molecule has 0 spiro atoms. The Kier molecular flexibility index (Phi) is 7.87. The predicted molar refractivity (Wildman–Crippen MR) is 128 cm³/mol. The van der Waals surface area contributed by atoms with E-state index in [1.807, 2.05) is 29.9 Å². The number of esters is 1. The van der Waals surface area contributed by atoms with E-state index in [1.54, 1.807) is 31.6 Å². The molecule has 9 nitrogen and oxygen atoms in total. The van der Waals surface area contributed by atoms with E-state index in [0.29, 0.717) is 36.9 Å². The maximum Gasteiger partial charge on any atom is 0.337 e. The molecular formula is C25H31N5O4. The van der Waals surface area contributed by atoms with Gasteiger partial charge in [0, 0.05) is 25.1 Å². The lowest BCUT2D eigenvalue weighted by Gasteiger charge is -2.28. The van der Waals surface area contributed by atoms with Crippen LogP contribution in [0.1, 0.15) is 47.6 Å². The van der Waals surface area contributed by atoms with E-state index < -0.39 is 0 Å². The molecule has 1 saturated carbocycles. The number of aryl methyl sites for hydroxylation is 1. The van der Waals surface area contributed by atoms with Crippen molar-refractivity contribution in [3.63, 3.8) is 0 Å². The van der Waals surface area contributed by atoms with Gasteiger partial charge in [-0.05, 0) is 50.3 Å². The molecule has 1 aliphatic rings. The van der Waals surface area contributed by atoms with Gasteiger partial charge < -0.3 is 19.5 Å². The summed E-state index contributed by atoms with van der Waals surface area (Å²) < 4.78 is 17.7. The number of ether oxygens (including phenoxy) is 3. The average Bonchev–Trinajstić information content (AvgIpc) is 3.34. The highest BCUT2D eigenvalue weighted by Crippen LogP contribution is 2.30. The highest BCUT2D eigenvalue weighted by molar-refractivity contribution is 5.89. The molecule has 1 N–H and O–H groups in total. The molecule has 9 heteroatoms. The first-order valence-electron chi connectivity index (χ1n) is 11.5. The van der Waals surface area contributed by atoms with Gasteiger partial charge in [-0.1, -0.05) is 12.1 Å². The van der Waals surface area contributed by atoms with Crippen LogP contribution in [0.3, 0.4) is 0 Å². The van der Waals surface area contributed by atoms with Crippen molar-refractivity contribution in [1.82, 2.24) is 19.7 Å². The minimum atomic E-state index is -0.363. The summed E-state index contributed by atoms with van der Waals surface area (Å²) in [5.41, 5.74) is 3.98. The summed E-state index contributed by atoms with van der Waals surface area (Å²) in [5.74, 6) is 0.130. The molecule has 4 rings (SSSR count). The van der Waals surface area contributed by atoms with Crippen LogP contribution in [0.25, 0.3) is 11.3 Å². The number of aromatic nitrogens is 4. The normalized spacial score (nSPS) is 18.0. The number of benzene rings is 1. The Morgan fingerprint density at radius 1 is 1.09 bits per heavy atom. The van der Waals surface area contributed by atoms with Crippen LogP contribution >= 0.6 is 0 Å². The Balaban J connectivity index is 1.39. The van der Waals surface area contributed by atoms with Crippen molar-refractivity contribution in [3.05, 3.63) is 54.0 Å². The number of hydrogen-bond donors (Lipinski definition) is 1. The van der Waals surface area contributed by atoms with Gasteiger partial charge in [-0.25, -0.2) is 14.8 Å². The number of hydrogen-bond acceptors (Lipinski definition) is 8. The van der Waals surface area contributed by atoms with Crippen LogP contribution in [0.2, 0.25) is 0 Å². The standard InChI is InChI=1S/C25H31N5O4/c1-17-14-26-25(29-23(17)18-4-6-19(7-5-18)24(31)33-3)28-20-15-27-30(16-20)21-8-10-22(11-9-21)34-13-12-32-2/h4-7,14-16,21-22H,8-13H2,1-3H3,(H,26,28,29). The molecule has 0 saturated heterocycles. The summed E-state index contributed by atoms with van der Waals surface area (Å²) in [7, 11) is 3.06. The topological polar surface area (TPSA) is 100 Å². The minimum absolute atomic E-state index is 0.306. The Morgan fingerprint density at radius 3 is 2.56 bits per heavy atom. The number of nitrogens with zero attached hydrogens (tertiary/aromatic N) is 4. The van der Waals surface area contributed by atoms with Gasteiger partial charge in [0.25, 0.3) is 0 Å². The highest BCUT2D eigenvalue weighted by atomic mass is 16.5. The average molecular weight is 466 g/mol. The van der Waals surface area contributed by atoms with Gasteiger partial charge in [-0.3, -0.25) is 4.68 Å². The number of nitrogens with one attached hydrogen (secondary N) is 1. The summed E-state index contributed by atoms with van der Waals surface area (Å²) in [4.78, 5) is 20.8. The Hall–Kier alpha value is -3.30. The SMILES string of the molecule is COCCOC1CCC(n2cc(Nc3ncc(C)c(-c4ccc(C(=O)OC)cc4)n3)cn2)CC1. The summed E-state index contributed by atoms with van der Waals surface area (Å²) in [6.07, 6.45) is 10.0. The second-order valence-corrected chi connectivity index (χ2v) is 8.42. The van der Waals surface area contributed by atoms with Crippen LogP contribution in [0.5, 0.6) is 0 Å². The summed E-state index contributed by atoms with van der Waals surface area (Å²) in [6, 6.07) is 7.55. The third-order valence-corrected chi connectivity index (χ3v) is 6.07. The van der Waals surface area contributed by atoms with Crippen molar-refractivity contribution < 1.29 is 19.0 Å². The Bertz CT molecular complexity index is 1090. The maximum absolute atomic E-state index is 11.7. The van der Waals surface area contributed by atoms with Crippen molar-refractivity contribution in [3.8, 4) is 11.3 Å². The van der Waals surface area contributed by atoms with Crippen LogP contribution < -0.4 is 5.32 Å². The summed E-state index contributed by atoms with van der Waals surface area (Å²) >= 11 is 0. The van der Waals surface area contributed by atoms with Crippen LogP contribution in [0, 0.1) is 6.92 Å². The highest BCUT2D eigenvalue weighted by Gasteiger charge is 2.23. The van der Waals surface area contributed by atoms with Crippen molar-refractivity contribution in [2.75, 3.05) is 32.8 Å². The summed E-state index contributed by atoms with van der Waals surface area (Å²) in [5, 5.41) is 7.83. The molecule has 2 heterocycles. The fourth-order valence-corrected chi connectivity index (χ4v) is 4.18. The minimum Gasteiger partial charge on any atom is -0.465 e. The molecule has 0 radical (unpaired) electrons. The third-order valence-electron chi connectivity index (χ3n) is 6.07. The quantitative estimate of drug-likeness (QED) is 0.368. The van der Waals surface area contributed by atoms with Gasteiger partial charge in [0.15, 0.2) is 0 Å². The van der Waals surface area contributed by atoms with E-state index in [0.717, 1.165) is 48.2 Å². The van der Waals surface area contributed by atoms with Gasteiger partial charge in [0.05, 0.1) is 55.6 Å². The lowest BCUT2D eigenvalue weighted by molar-refractivity contribution is -0.00717. The number of carbonyl (C=O) groups is 1. The smallest absolute Gasteiger partial charge is 0.337 e. The zero-order valence-electron chi connectivity index (χ0n) is 19.9. The predicted octanol–water partition coefficient (Wildman–Crippen LogP) is 4.33. The number of methoxy groups -OCH3 is 2. The second kappa shape index (κ2) is 11.2. The van der Waals surface area contributed by atoms with E-state index in [1.165, 1.54) is 7.11 Å². The molecule has 34 heavy (non-hydrogen) atoms. The van der Waals surface area contributed by atoms with Crippen molar-refractivity contribution in [1.29, 1.82) is 0 Å². The van der Waals surface area contributed by atoms with Crippen molar-refractivity contribution >= 4 is 17.6 Å². The Labute approximate surface area is 199 Å². The van der Waals surface area contributed by atoms with Gasteiger partial charge >= 0.3 is 5.97 Å². The fourth-order valence-electron chi connectivity index (χ4n) is 4.18. The van der Waals surface area contributed by atoms with Gasteiger partial charge in [-0.15, -0.1) is 0 Å². The molecule has 1 aromatic carbocycles. The fraction of sp³-hybridized carbons (Fsp3) is 0.440. The largest absolute Gasteiger partial charge is 0.465 e. The van der Waals surface area contributed by atoms with Gasteiger partial charge in [0.2, 0.25) is 5.95 Å². The second-order valence-electron chi connectivity index (χ2n) is 8.42. The molecule has 1 fully saturated rings. The molecule has 2 aromatic heterocycles. The lowest BCUT2D eigenvalue weighted by Crippen LogP contribution is -2.25. The molecule has 0 amide bonds. The molecule has 0 aliphatic heterocycles. The lowest BCUT2D eigenvalue weighted by atomic mass is 9.93. The molecule has 0 bridgehead atoms. The third kappa shape index (κ3) is 5.78. The van der Waals surface area contributed by atoms with Crippen LogP contribution in [-0.4, -0.2) is 59.3 Å². The molecule has 180 valence electrons. The maximum atomic E-state index is 11.7. The van der Waals surface area contributed by atoms with E-state index >= 15 is 0 Å². The van der Waals surface area contributed by atoms with Gasteiger partial charge in [0.1, 0.15) is 0 Å². The Morgan fingerprint density at radius 2 is 1.85 bits per heavy atom. The molecule has 0 unspecified atom stereocenters. The van der Waals surface area contributed by atoms with Crippen LogP contribution in [-0.2, 0) is 14.2 Å². The molecular weight excluding hydrogens is 434 g/mol. The molecule has 0 atom stereocenters. The van der Waals surface area contributed by atoms with E-state index in [2.05, 4.69) is 15.4 Å². The first-order valence-corrected chi connectivity index (χ1v) is 11.5. The number of anilines is 2. The van der Waals surface area contributed by atoms with Gasteiger partial charge in [-0.2, -0.15) is 5.10 Å². The zero-order valence-corrected chi connectivity index (χ0v) is 19.9. The number of carbonyl (C=O) groups excluding carboxylic acids is 1. The molecule has 3 aromatic rings. The van der Waals surface area contributed by atoms with Crippen molar-refractivity contribution in [2.45, 2.75) is 44.8 Å². The van der Waals surface area contributed by atoms with Crippen molar-refractivity contribution in [2.24, 2.45) is 0 Å². The first-order chi connectivity index (χ1) is 16.6. The van der Waals surface area contributed by atoms with Crippen LogP contribution in [0.4, 0.5) is 11.6 Å². The van der Waals surface area contributed by atoms with E-state index in [9.17, 15) is 4.79 Å². The first kappa shape index (κ1) is 23.8. The van der Waals surface area contributed by atoms with E-state index in [-0.39, 0.29) is 5.97 Å². The molecule has 1 aliphatic carbocycles. The van der Waals surface area contributed by atoms with Crippen LogP contribution in [0.15, 0.2) is 42.9 Å². The van der Waals surface area contributed by atoms with E-state index in [4.69, 9.17) is 19.2 Å². The zero-order chi connectivity index (χ0) is 23.9.